The first-order valence-corrected chi connectivity index (χ1v) is 6.54. The smallest absolute Gasteiger partial charge is 0.318 e. The molecule has 0 spiro atoms. The van der Waals surface area contributed by atoms with Crippen molar-refractivity contribution in [2.45, 2.75) is 37.9 Å². The molecule has 4 nitrogen and oxygen atoms in total. The molecule has 0 unspecified atom stereocenters. The minimum absolute atomic E-state index is 0.0137. The van der Waals surface area contributed by atoms with Crippen molar-refractivity contribution < 1.29 is 19.1 Å². The summed E-state index contributed by atoms with van der Waals surface area (Å²) in [6.45, 7) is 0. The molecular weight excluding hydrogens is 248 g/mol. The first-order valence-electron chi connectivity index (χ1n) is 5.27. The summed E-state index contributed by atoms with van der Waals surface area (Å²) in [6, 6.07) is 0. The lowest BCUT2D eigenvalue weighted by atomic mass is 9.94. The molecular formula is C10H16O4S2. The molecule has 0 saturated heterocycles. The Morgan fingerprint density at radius 3 is 1.75 bits per heavy atom. The van der Waals surface area contributed by atoms with Gasteiger partial charge >= 0.3 is 11.9 Å². The molecule has 0 aromatic heterocycles. The Morgan fingerprint density at radius 2 is 1.38 bits per heavy atom. The van der Waals surface area contributed by atoms with Crippen LogP contribution in [0.3, 0.4) is 0 Å². The van der Waals surface area contributed by atoms with E-state index in [0.29, 0.717) is 12.8 Å². The van der Waals surface area contributed by atoms with Crippen LogP contribution < -0.4 is 0 Å². The Balaban J connectivity index is 2.66. The van der Waals surface area contributed by atoms with E-state index in [0.717, 1.165) is 19.3 Å². The average molecular weight is 264 g/mol. The van der Waals surface area contributed by atoms with E-state index < -0.39 is 17.7 Å². The predicted octanol–water partition coefficient (Wildman–Crippen LogP) is 1.59. The van der Waals surface area contributed by atoms with Crippen LogP contribution >= 0.6 is 25.3 Å². The summed E-state index contributed by atoms with van der Waals surface area (Å²) in [7, 11) is 0. The maximum absolute atomic E-state index is 11.2. The fourth-order valence-electron chi connectivity index (χ4n) is 1.79. The van der Waals surface area contributed by atoms with Crippen molar-refractivity contribution in [1.82, 2.24) is 0 Å². The molecule has 1 fully saturated rings. The van der Waals surface area contributed by atoms with E-state index in [2.05, 4.69) is 25.3 Å². The third kappa shape index (κ3) is 3.90. The third-order valence-corrected chi connectivity index (χ3v) is 2.99. The molecule has 0 radical (unpaired) electrons. The van der Waals surface area contributed by atoms with Gasteiger partial charge in [0.1, 0.15) is 0 Å². The Kier molecular flexibility index (Phi) is 5.48. The zero-order valence-electron chi connectivity index (χ0n) is 8.98. The topological polar surface area (TPSA) is 52.6 Å². The highest BCUT2D eigenvalue weighted by molar-refractivity contribution is 7.81. The number of esters is 2. The van der Waals surface area contributed by atoms with Crippen LogP contribution in [-0.2, 0) is 19.1 Å². The lowest BCUT2D eigenvalue weighted by molar-refractivity contribution is -0.235. The van der Waals surface area contributed by atoms with Crippen LogP contribution in [-0.4, -0.2) is 29.2 Å². The Labute approximate surface area is 106 Å². The summed E-state index contributed by atoms with van der Waals surface area (Å²) in [5.41, 5.74) is 0. The van der Waals surface area contributed by atoms with Crippen LogP contribution in [0.2, 0.25) is 0 Å². The van der Waals surface area contributed by atoms with Gasteiger partial charge in [0.15, 0.2) is 0 Å². The molecule has 16 heavy (non-hydrogen) atoms. The summed E-state index contributed by atoms with van der Waals surface area (Å²) in [5.74, 6) is -2.02. The summed E-state index contributed by atoms with van der Waals surface area (Å²) in [5, 5.41) is 0. The fraction of sp³-hybridized carbons (Fsp3) is 0.800. The van der Waals surface area contributed by atoms with Gasteiger partial charge in [0.2, 0.25) is 0 Å². The largest absolute Gasteiger partial charge is 0.422 e. The molecule has 0 heterocycles. The van der Waals surface area contributed by atoms with Crippen LogP contribution in [0.25, 0.3) is 0 Å². The molecule has 0 bridgehead atoms. The van der Waals surface area contributed by atoms with Crippen LogP contribution in [0.1, 0.15) is 32.1 Å². The summed E-state index contributed by atoms with van der Waals surface area (Å²) in [4.78, 5) is 22.5. The van der Waals surface area contributed by atoms with Gasteiger partial charge in [0.05, 0.1) is 11.5 Å². The van der Waals surface area contributed by atoms with Crippen LogP contribution in [0, 0.1) is 0 Å². The zero-order chi connectivity index (χ0) is 12.0. The Morgan fingerprint density at radius 1 is 0.938 bits per heavy atom. The summed E-state index contributed by atoms with van der Waals surface area (Å²) in [6.07, 6.45) is 3.97. The van der Waals surface area contributed by atoms with Gasteiger partial charge < -0.3 is 9.47 Å². The van der Waals surface area contributed by atoms with Gasteiger partial charge in [0, 0.05) is 12.8 Å². The number of ether oxygens (including phenoxy) is 2. The molecule has 6 heteroatoms. The molecule has 1 saturated carbocycles. The fourth-order valence-corrected chi connectivity index (χ4v) is 1.92. The lowest BCUT2D eigenvalue weighted by Crippen LogP contribution is -2.42. The Hall–Kier alpha value is -0.360. The van der Waals surface area contributed by atoms with Crippen molar-refractivity contribution in [3.05, 3.63) is 0 Å². The van der Waals surface area contributed by atoms with Crippen LogP contribution in [0.4, 0.5) is 0 Å². The molecule has 0 amide bonds. The molecule has 0 aliphatic heterocycles. The van der Waals surface area contributed by atoms with E-state index >= 15 is 0 Å². The number of carbonyl (C=O) groups is 2. The lowest BCUT2D eigenvalue weighted by Gasteiger charge is -2.35. The van der Waals surface area contributed by atoms with Gasteiger partial charge in [0.25, 0.3) is 5.79 Å². The maximum atomic E-state index is 11.2. The van der Waals surface area contributed by atoms with E-state index in [1.54, 1.807) is 0 Å². The first kappa shape index (κ1) is 13.7. The predicted molar refractivity (Wildman–Crippen MR) is 65.7 cm³/mol. The molecule has 0 atom stereocenters. The minimum atomic E-state index is -1.07. The standard InChI is InChI=1S/C10H16O4S2/c11-8(6-15)13-10(14-9(12)7-16)4-2-1-3-5-10/h15-16H,1-7H2. The normalized spacial score (nSPS) is 18.9. The molecule has 0 aromatic carbocycles. The zero-order valence-corrected chi connectivity index (χ0v) is 10.8. The van der Waals surface area contributed by atoms with E-state index in [1.807, 2.05) is 0 Å². The van der Waals surface area contributed by atoms with Crippen molar-refractivity contribution >= 4 is 37.2 Å². The van der Waals surface area contributed by atoms with Gasteiger partial charge in [-0.15, -0.1) is 0 Å². The molecule has 1 aliphatic rings. The quantitative estimate of drug-likeness (QED) is 0.460. The van der Waals surface area contributed by atoms with Crippen molar-refractivity contribution in [2.75, 3.05) is 11.5 Å². The first-order chi connectivity index (χ1) is 7.62. The number of thiol groups is 2. The highest BCUT2D eigenvalue weighted by Gasteiger charge is 2.39. The monoisotopic (exact) mass is 264 g/mol. The van der Waals surface area contributed by atoms with Gasteiger partial charge in [-0.2, -0.15) is 25.3 Å². The van der Waals surface area contributed by atoms with Crippen molar-refractivity contribution in [3.63, 3.8) is 0 Å². The third-order valence-electron chi connectivity index (χ3n) is 2.47. The van der Waals surface area contributed by atoms with E-state index in [9.17, 15) is 9.59 Å². The summed E-state index contributed by atoms with van der Waals surface area (Å²) < 4.78 is 10.4. The number of hydrogen-bond acceptors (Lipinski definition) is 6. The Bertz CT molecular complexity index is 242. The molecule has 1 aliphatic carbocycles. The average Bonchev–Trinajstić information content (AvgIpc) is 2.29. The molecule has 1 rings (SSSR count). The van der Waals surface area contributed by atoms with Gasteiger partial charge in [-0.25, -0.2) is 0 Å². The van der Waals surface area contributed by atoms with Crippen molar-refractivity contribution in [1.29, 1.82) is 0 Å². The number of carbonyl (C=O) groups excluding carboxylic acids is 2. The SMILES string of the molecule is O=C(CS)OC1(OC(=O)CS)CCCCC1. The second-order valence-electron chi connectivity index (χ2n) is 3.74. The van der Waals surface area contributed by atoms with Crippen molar-refractivity contribution in [3.8, 4) is 0 Å². The van der Waals surface area contributed by atoms with Gasteiger partial charge in [-0.3, -0.25) is 9.59 Å². The van der Waals surface area contributed by atoms with Crippen molar-refractivity contribution in [2.24, 2.45) is 0 Å². The molecule has 0 aromatic rings. The maximum Gasteiger partial charge on any atom is 0.318 e. The highest BCUT2D eigenvalue weighted by atomic mass is 32.1. The minimum Gasteiger partial charge on any atom is -0.422 e. The van der Waals surface area contributed by atoms with Crippen LogP contribution in [0.15, 0.2) is 0 Å². The second-order valence-corrected chi connectivity index (χ2v) is 4.37. The summed E-state index contributed by atoms with van der Waals surface area (Å²) >= 11 is 7.67. The second kappa shape index (κ2) is 6.39. The van der Waals surface area contributed by atoms with E-state index in [4.69, 9.17) is 9.47 Å². The van der Waals surface area contributed by atoms with Crippen LogP contribution in [0.5, 0.6) is 0 Å². The van der Waals surface area contributed by atoms with E-state index in [-0.39, 0.29) is 11.5 Å². The van der Waals surface area contributed by atoms with E-state index in [1.165, 1.54) is 0 Å². The molecule has 0 N–H and O–H groups in total. The highest BCUT2D eigenvalue weighted by Crippen LogP contribution is 2.33. The number of rotatable bonds is 4. The van der Waals surface area contributed by atoms with Gasteiger partial charge in [-0.1, -0.05) is 6.42 Å². The number of hydrogen-bond donors (Lipinski definition) is 2. The van der Waals surface area contributed by atoms with Gasteiger partial charge in [-0.05, 0) is 12.8 Å². The molecule has 92 valence electrons.